The van der Waals surface area contributed by atoms with Crippen LogP contribution < -0.4 is 10.6 Å². The van der Waals surface area contributed by atoms with Crippen LogP contribution in [-0.2, 0) is 0 Å². The zero-order chi connectivity index (χ0) is 19.2. The van der Waals surface area contributed by atoms with Crippen molar-refractivity contribution in [2.24, 2.45) is 0 Å². The molecule has 0 bridgehead atoms. The van der Waals surface area contributed by atoms with Gasteiger partial charge < -0.3 is 20.8 Å². The molecule has 0 heterocycles. The average molecular weight is 371 g/mol. The van der Waals surface area contributed by atoms with Crippen molar-refractivity contribution in [2.45, 2.75) is 44.3 Å². The van der Waals surface area contributed by atoms with E-state index in [2.05, 4.69) is 10.6 Å². The monoisotopic (exact) mass is 370 g/mol. The van der Waals surface area contributed by atoms with E-state index in [1.54, 1.807) is 0 Å². The number of nitrogens with one attached hydrogen (secondary N) is 2. The summed E-state index contributed by atoms with van der Waals surface area (Å²) in [5.74, 6) is 0. The van der Waals surface area contributed by atoms with Gasteiger partial charge in [0.1, 0.15) is 0 Å². The van der Waals surface area contributed by atoms with Crippen molar-refractivity contribution in [3.8, 4) is 0 Å². The highest BCUT2D eigenvalue weighted by Gasteiger charge is 2.06. The van der Waals surface area contributed by atoms with Gasteiger partial charge in [-0.1, -0.05) is 79.9 Å². The Hall–Kier alpha value is -1.72. The van der Waals surface area contributed by atoms with E-state index < -0.39 is 12.2 Å². The third kappa shape index (κ3) is 9.16. The molecule has 0 saturated heterocycles. The third-order valence-electron chi connectivity index (χ3n) is 4.75. The predicted octanol–water partition coefficient (Wildman–Crippen LogP) is 3.58. The van der Waals surface area contributed by atoms with Gasteiger partial charge in [0.05, 0.1) is 12.2 Å². The van der Waals surface area contributed by atoms with E-state index >= 15 is 0 Å². The molecule has 0 aliphatic carbocycles. The smallest absolute Gasteiger partial charge is 0.0914 e. The molecule has 27 heavy (non-hydrogen) atoms. The van der Waals surface area contributed by atoms with Gasteiger partial charge in [-0.2, -0.15) is 0 Å². The zero-order valence-corrected chi connectivity index (χ0v) is 16.2. The topological polar surface area (TPSA) is 64.5 Å². The van der Waals surface area contributed by atoms with Gasteiger partial charge in [-0.15, -0.1) is 0 Å². The van der Waals surface area contributed by atoms with Gasteiger partial charge in [0.25, 0.3) is 0 Å². The molecule has 0 radical (unpaired) electrons. The average Bonchev–Trinajstić information content (AvgIpc) is 2.73. The second-order valence-corrected chi connectivity index (χ2v) is 7.03. The fraction of sp³-hybridized carbons (Fsp3) is 0.478. The summed E-state index contributed by atoms with van der Waals surface area (Å²) in [6.45, 7) is 3.12. The summed E-state index contributed by atoms with van der Waals surface area (Å²) >= 11 is 0. The van der Waals surface area contributed by atoms with Crippen molar-refractivity contribution in [3.05, 3.63) is 71.8 Å². The SMILES string of the molecule is OC(CNCCCCCCCNCC(O)c1ccccc1)c1ccccc1. The second-order valence-electron chi connectivity index (χ2n) is 7.03. The third-order valence-corrected chi connectivity index (χ3v) is 4.75. The lowest BCUT2D eigenvalue weighted by atomic mass is 10.1. The summed E-state index contributed by atoms with van der Waals surface area (Å²) in [6.07, 6.45) is 5.07. The molecule has 0 amide bonds. The van der Waals surface area contributed by atoms with Gasteiger partial charge in [0.2, 0.25) is 0 Å². The van der Waals surface area contributed by atoms with Crippen molar-refractivity contribution in [2.75, 3.05) is 26.2 Å². The Kier molecular flexibility index (Phi) is 10.7. The molecular weight excluding hydrogens is 336 g/mol. The second kappa shape index (κ2) is 13.4. The van der Waals surface area contributed by atoms with Crippen LogP contribution in [0.25, 0.3) is 0 Å². The molecule has 0 saturated carbocycles. The molecule has 0 fully saturated rings. The Labute approximate surface area is 163 Å². The van der Waals surface area contributed by atoms with Crippen molar-refractivity contribution in [1.82, 2.24) is 10.6 Å². The minimum atomic E-state index is -0.427. The minimum Gasteiger partial charge on any atom is -0.387 e. The summed E-state index contributed by atoms with van der Waals surface area (Å²) in [6, 6.07) is 19.6. The molecule has 4 nitrogen and oxygen atoms in total. The normalized spacial score (nSPS) is 13.4. The van der Waals surface area contributed by atoms with Crippen molar-refractivity contribution in [1.29, 1.82) is 0 Å². The van der Waals surface area contributed by atoms with Gasteiger partial charge in [-0.3, -0.25) is 0 Å². The molecule has 0 aromatic heterocycles. The zero-order valence-electron chi connectivity index (χ0n) is 16.2. The van der Waals surface area contributed by atoms with Crippen LogP contribution in [0.2, 0.25) is 0 Å². The van der Waals surface area contributed by atoms with Crippen LogP contribution in [0, 0.1) is 0 Å². The number of aliphatic hydroxyl groups excluding tert-OH is 2. The summed E-state index contributed by atoms with van der Waals surface area (Å²) in [4.78, 5) is 0. The highest BCUT2D eigenvalue weighted by atomic mass is 16.3. The van der Waals surface area contributed by atoms with Crippen molar-refractivity contribution >= 4 is 0 Å². The molecule has 148 valence electrons. The Morgan fingerprint density at radius 3 is 1.33 bits per heavy atom. The highest BCUT2D eigenvalue weighted by molar-refractivity contribution is 5.18. The van der Waals surface area contributed by atoms with E-state index in [0.717, 1.165) is 37.1 Å². The van der Waals surface area contributed by atoms with Crippen LogP contribution >= 0.6 is 0 Å². The van der Waals surface area contributed by atoms with Gasteiger partial charge in [-0.05, 0) is 37.1 Å². The lowest BCUT2D eigenvalue weighted by molar-refractivity contribution is 0.174. The fourth-order valence-electron chi connectivity index (χ4n) is 3.09. The first-order valence-corrected chi connectivity index (χ1v) is 10.1. The van der Waals surface area contributed by atoms with E-state index in [-0.39, 0.29) is 0 Å². The number of unbranched alkanes of at least 4 members (excludes halogenated alkanes) is 4. The molecular formula is C23H34N2O2. The Balaban J connectivity index is 1.38. The number of hydrogen-bond acceptors (Lipinski definition) is 4. The van der Waals surface area contributed by atoms with Crippen LogP contribution in [0.3, 0.4) is 0 Å². The predicted molar refractivity (Wildman–Crippen MR) is 112 cm³/mol. The maximum Gasteiger partial charge on any atom is 0.0914 e. The van der Waals surface area contributed by atoms with Crippen LogP contribution in [-0.4, -0.2) is 36.4 Å². The first-order valence-electron chi connectivity index (χ1n) is 10.1. The number of benzene rings is 2. The maximum atomic E-state index is 10.1. The van der Waals surface area contributed by atoms with Gasteiger partial charge in [0, 0.05) is 13.1 Å². The van der Waals surface area contributed by atoms with Crippen LogP contribution in [0.1, 0.15) is 55.4 Å². The molecule has 0 aliphatic rings. The van der Waals surface area contributed by atoms with E-state index in [4.69, 9.17) is 0 Å². The maximum absolute atomic E-state index is 10.1. The molecule has 2 aromatic carbocycles. The van der Waals surface area contributed by atoms with Gasteiger partial charge in [-0.25, -0.2) is 0 Å². The first-order chi connectivity index (χ1) is 13.3. The van der Waals surface area contributed by atoms with Gasteiger partial charge in [0.15, 0.2) is 0 Å². The first kappa shape index (κ1) is 21.6. The standard InChI is InChI=1S/C23H34N2O2/c26-22(20-12-6-4-7-13-20)18-24-16-10-2-1-3-11-17-25-19-23(27)21-14-8-5-9-15-21/h4-9,12-15,22-27H,1-3,10-11,16-19H2. The number of aliphatic hydroxyl groups is 2. The van der Waals surface area contributed by atoms with Crippen LogP contribution in [0.4, 0.5) is 0 Å². The Morgan fingerprint density at radius 2 is 0.926 bits per heavy atom. The number of hydrogen-bond donors (Lipinski definition) is 4. The molecule has 2 aromatic rings. The van der Waals surface area contributed by atoms with E-state index in [0.29, 0.717) is 13.1 Å². The molecule has 4 heteroatoms. The lowest BCUT2D eigenvalue weighted by Crippen LogP contribution is -2.23. The summed E-state index contributed by atoms with van der Waals surface area (Å²) in [5, 5.41) is 26.8. The summed E-state index contributed by atoms with van der Waals surface area (Å²) < 4.78 is 0. The van der Waals surface area contributed by atoms with E-state index in [1.807, 2.05) is 60.7 Å². The summed E-state index contributed by atoms with van der Waals surface area (Å²) in [7, 11) is 0. The summed E-state index contributed by atoms with van der Waals surface area (Å²) in [5.41, 5.74) is 1.93. The molecule has 2 unspecified atom stereocenters. The molecule has 0 spiro atoms. The molecule has 4 N–H and O–H groups in total. The fourth-order valence-corrected chi connectivity index (χ4v) is 3.09. The highest BCUT2D eigenvalue weighted by Crippen LogP contribution is 2.11. The lowest BCUT2D eigenvalue weighted by Gasteiger charge is -2.12. The molecule has 2 rings (SSSR count). The largest absolute Gasteiger partial charge is 0.387 e. The Morgan fingerprint density at radius 1 is 0.556 bits per heavy atom. The Bertz CT molecular complexity index is 538. The minimum absolute atomic E-state index is 0.427. The quantitative estimate of drug-likeness (QED) is 0.384. The van der Waals surface area contributed by atoms with Crippen molar-refractivity contribution < 1.29 is 10.2 Å². The van der Waals surface area contributed by atoms with Crippen LogP contribution in [0.5, 0.6) is 0 Å². The van der Waals surface area contributed by atoms with Crippen molar-refractivity contribution in [3.63, 3.8) is 0 Å². The van der Waals surface area contributed by atoms with Gasteiger partial charge >= 0.3 is 0 Å². The van der Waals surface area contributed by atoms with E-state index in [9.17, 15) is 10.2 Å². The number of rotatable bonds is 14. The van der Waals surface area contributed by atoms with E-state index in [1.165, 1.54) is 19.3 Å². The van der Waals surface area contributed by atoms with Crippen LogP contribution in [0.15, 0.2) is 60.7 Å². The molecule has 2 atom stereocenters. The molecule has 0 aliphatic heterocycles.